The van der Waals surface area contributed by atoms with Gasteiger partial charge in [0.25, 0.3) is 0 Å². The van der Waals surface area contributed by atoms with Crippen molar-refractivity contribution in [3.05, 3.63) is 34.3 Å². The molecule has 23 heavy (non-hydrogen) atoms. The summed E-state index contributed by atoms with van der Waals surface area (Å²) in [5, 5.41) is 6.92. The molecule has 0 radical (unpaired) electrons. The standard InChI is InChI=1S/C18H26BrN3O/c1-17(8-5-11-23-17)12-21-16(20-2)22-13-18(9-10-18)14-6-3-4-7-15(14)19/h3-4,6-7H,5,8-13H2,1-2H3,(H2,20,21,22). The van der Waals surface area contributed by atoms with Gasteiger partial charge in [-0.15, -0.1) is 0 Å². The van der Waals surface area contributed by atoms with E-state index in [0.717, 1.165) is 38.5 Å². The Morgan fingerprint density at radius 3 is 2.57 bits per heavy atom. The van der Waals surface area contributed by atoms with E-state index in [4.69, 9.17) is 4.74 Å². The molecule has 0 amide bonds. The van der Waals surface area contributed by atoms with Crippen LogP contribution in [0.1, 0.15) is 38.2 Å². The molecule has 0 aromatic heterocycles. The Labute approximate surface area is 147 Å². The van der Waals surface area contributed by atoms with E-state index in [1.165, 1.54) is 22.9 Å². The second-order valence-electron chi connectivity index (χ2n) is 6.94. The first-order valence-electron chi connectivity index (χ1n) is 8.40. The average molecular weight is 380 g/mol. The van der Waals surface area contributed by atoms with Crippen molar-refractivity contribution in [3.8, 4) is 0 Å². The molecule has 0 spiro atoms. The first-order chi connectivity index (χ1) is 11.1. The molecule has 1 aromatic carbocycles. The van der Waals surface area contributed by atoms with E-state index in [9.17, 15) is 0 Å². The topological polar surface area (TPSA) is 45.7 Å². The molecule has 2 fully saturated rings. The molecule has 1 saturated carbocycles. The number of benzene rings is 1. The number of rotatable bonds is 5. The first-order valence-corrected chi connectivity index (χ1v) is 9.20. The van der Waals surface area contributed by atoms with Crippen molar-refractivity contribution in [2.45, 2.75) is 43.6 Å². The van der Waals surface area contributed by atoms with Gasteiger partial charge in [0, 0.05) is 36.6 Å². The van der Waals surface area contributed by atoms with Gasteiger partial charge in [-0.25, -0.2) is 0 Å². The van der Waals surface area contributed by atoms with Crippen molar-refractivity contribution in [2.24, 2.45) is 4.99 Å². The highest BCUT2D eigenvalue weighted by molar-refractivity contribution is 9.10. The number of nitrogens with one attached hydrogen (secondary N) is 2. The Balaban J connectivity index is 1.55. The van der Waals surface area contributed by atoms with Gasteiger partial charge in [0.15, 0.2) is 5.96 Å². The number of hydrogen-bond acceptors (Lipinski definition) is 2. The molecular weight excluding hydrogens is 354 g/mol. The minimum Gasteiger partial charge on any atom is -0.373 e. The molecule has 3 rings (SSSR count). The Morgan fingerprint density at radius 1 is 1.22 bits per heavy atom. The van der Waals surface area contributed by atoms with Crippen LogP contribution in [0.25, 0.3) is 0 Å². The summed E-state index contributed by atoms with van der Waals surface area (Å²) in [7, 11) is 1.82. The lowest BCUT2D eigenvalue weighted by Crippen LogP contribution is -2.47. The normalized spacial score (nSPS) is 26.1. The van der Waals surface area contributed by atoms with Gasteiger partial charge in [0.2, 0.25) is 0 Å². The molecule has 1 aromatic rings. The molecule has 4 nitrogen and oxygen atoms in total. The van der Waals surface area contributed by atoms with E-state index in [-0.39, 0.29) is 11.0 Å². The highest BCUT2D eigenvalue weighted by Gasteiger charge is 2.45. The molecule has 1 heterocycles. The summed E-state index contributed by atoms with van der Waals surface area (Å²) in [5.74, 6) is 0.861. The van der Waals surface area contributed by atoms with Crippen molar-refractivity contribution < 1.29 is 4.74 Å². The van der Waals surface area contributed by atoms with Gasteiger partial charge in [-0.3, -0.25) is 4.99 Å². The second kappa shape index (κ2) is 6.81. The lowest BCUT2D eigenvalue weighted by atomic mass is 9.96. The SMILES string of the molecule is CN=C(NCC1(C)CCCO1)NCC1(c2ccccc2Br)CC1. The number of aliphatic imine (C=N–C) groups is 1. The average Bonchev–Trinajstić information content (AvgIpc) is 3.22. The zero-order chi connectivity index (χ0) is 16.3. The summed E-state index contributed by atoms with van der Waals surface area (Å²) in [6, 6.07) is 8.54. The fourth-order valence-corrected chi connectivity index (χ4v) is 4.01. The quantitative estimate of drug-likeness (QED) is 0.609. The van der Waals surface area contributed by atoms with Gasteiger partial charge in [0.1, 0.15) is 0 Å². The van der Waals surface area contributed by atoms with Crippen molar-refractivity contribution in [2.75, 3.05) is 26.7 Å². The Hall–Kier alpha value is -1.07. The first kappa shape index (κ1) is 16.8. The zero-order valence-corrected chi connectivity index (χ0v) is 15.6. The summed E-state index contributed by atoms with van der Waals surface area (Å²) in [4.78, 5) is 4.35. The van der Waals surface area contributed by atoms with Gasteiger partial charge in [-0.05, 0) is 44.2 Å². The molecule has 1 aliphatic carbocycles. The maximum absolute atomic E-state index is 5.83. The zero-order valence-electron chi connectivity index (χ0n) is 14.0. The number of ether oxygens (including phenoxy) is 1. The molecule has 2 aliphatic rings. The fourth-order valence-electron chi connectivity index (χ4n) is 3.30. The van der Waals surface area contributed by atoms with Gasteiger partial charge in [-0.2, -0.15) is 0 Å². The highest BCUT2D eigenvalue weighted by atomic mass is 79.9. The summed E-state index contributed by atoms with van der Waals surface area (Å²) in [5.41, 5.74) is 1.58. The third-order valence-electron chi connectivity index (χ3n) is 5.05. The number of nitrogens with zero attached hydrogens (tertiary/aromatic N) is 1. The molecule has 0 bridgehead atoms. The molecule has 126 valence electrons. The molecule has 1 unspecified atom stereocenters. The van der Waals surface area contributed by atoms with Crippen LogP contribution in [0.2, 0.25) is 0 Å². The molecular formula is C18H26BrN3O. The summed E-state index contributed by atoms with van der Waals surface area (Å²) >= 11 is 3.69. The minimum absolute atomic E-state index is 0.0582. The van der Waals surface area contributed by atoms with Crippen molar-refractivity contribution in [1.82, 2.24) is 10.6 Å². The molecule has 5 heteroatoms. The number of guanidine groups is 1. The lowest BCUT2D eigenvalue weighted by molar-refractivity contribution is 0.0243. The Bertz CT molecular complexity index is 577. The molecule has 1 aliphatic heterocycles. The van der Waals surface area contributed by atoms with Crippen molar-refractivity contribution in [1.29, 1.82) is 0 Å². The van der Waals surface area contributed by atoms with E-state index in [0.29, 0.717) is 0 Å². The van der Waals surface area contributed by atoms with Crippen LogP contribution in [0.15, 0.2) is 33.7 Å². The fraction of sp³-hybridized carbons (Fsp3) is 0.611. The molecule has 2 N–H and O–H groups in total. The van der Waals surface area contributed by atoms with Crippen LogP contribution in [0, 0.1) is 0 Å². The van der Waals surface area contributed by atoms with E-state index in [1.54, 1.807) is 0 Å². The van der Waals surface area contributed by atoms with Gasteiger partial charge in [0.05, 0.1) is 5.60 Å². The summed E-state index contributed by atoms with van der Waals surface area (Å²) < 4.78 is 7.03. The third-order valence-corrected chi connectivity index (χ3v) is 5.74. The predicted octanol–water partition coefficient (Wildman–Crippen LogP) is 3.21. The highest BCUT2D eigenvalue weighted by Crippen LogP contribution is 2.49. The van der Waals surface area contributed by atoms with Crippen LogP contribution in [0.5, 0.6) is 0 Å². The van der Waals surface area contributed by atoms with Crippen LogP contribution in [0.4, 0.5) is 0 Å². The molecule has 1 saturated heterocycles. The monoisotopic (exact) mass is 379 g/mol. The smallest absolute Gasteiger partial charge is 0.191 e. The van der Waals surface area contributed by atoms with Crippen molar-refractivity contribution >= 4 is 21.9 Å². The van der Waals surface area contributed by atoms with Crippen LogP contribution in [0.3, 0.4) is 0 Å². The van der Waals surface area contributed by atoms with Crippen molar-refractivity contribution in [3.63, 3.8) is 0 Å². The Morgan fingerprint density at radius 2 is 1.96 bits per heavy atom. The van der Waals surface area contributed by atoms with Crippen LogP contribution < -0.4 is 10.6 Å². The largest absolute Gasteiger partial charge is 0.373 e. The lowest BCUT2D eigenvalue weighted by Gasteiger charge is -2.26. The van der Waals surface area contributed by atoms with E-state index in [2.05, 4.69) is 62.7 Å². The Kier molecular flexibility index (Phi) is 4.97. The van der Waals surface area contributed by atoms with Gasteiger partial charge >= 0.3 is 0 Å². The number of halogens is 1. The van der Waals surface area contributed by atoms with E-state index >= 15 is 0 Å². The van der Waals surface area contributed by atoms with Gasteiger partial charge in [-0.1, -0.05) is 34.1 Å². The third kappa shape index (κ3) is 3.89. The van der Waals surface area contributed by atoms with Crippen LogP contribution in [-0.2, 0) is 10.2 Å². The second-order valence-corrected chi connectivity index (χ2v) is 7.80. The van der Waals surface area contributed by atoms with Gasteiger partial charge < -0.3 is 15.4 Å². The maximum Gasteiger partial charge on any atom is 0.191 e. The maximum atomic E-state index is 5.83. The van der Waals surface area contributed by atoms with Crippen LogP contribution >= 0.6 is 15.9 Å². The van der Waals surface area contributed by atoms with E-state index in [1.807, 2.05) is 7.05 Å². The summed E-state index contributed by atoms with van der Waals surface area (Å²) in [6.45, 7) is 4.75. The summed E-state index contributed by atoms with van der Waals surface area (Å²) in [6.07, 6.45) is 4.70. The minimum atomic E-state index is -0.0582. The number of hydrogen-bond donors (Lipinski definition) is 2. The van der Waals surface area contributed by atoms with Crippen LogP contribution in [-0.4, -0.2) is 38.3 Å². The predicted molar refractivity (Wildman–Crippen MR) is 98.0 cm³/mol. The molecule has 1 atom stereocenters. The van der Waals surface area contributed by atoms with E-state index < -0.39 is 0 Å².